The van der Waals surface area contributed by atoms with E-state index in [1.807, 2.05) is 60.9 Å². The minimum atomic E-state index is -3.69. The lowest BCUT2D eigenvalue weighted by Crippen LogP contribution is -2.13. The van der Waals surface area contributed by atoms with Crippen LogP contribution in [0.1, 0.15) is 17.0 Å². The van der Waals surface area contributed by atoms with Gasteiger partial charge in [-0.1, -0.05) is 48.0 Å². The minimum Gasteiger partial charge on any atom is -0.324 e. The van der Waals surface area contributed by atoms with E-state index in [0.717, 1.165) is 28.0 Å². The van der Waals surface area contributed by atoms with Crippen molar-refractivity contribution in [1.82, 2.24) is 9.55 Å². The molecule has 0 aliphatic heterocycles. The number of aryl methyl sites for hydroxylation is 2. The van der Waals surface area contributed by atoms with E-state index in [0.29, 0.717) is 12.2 Å². The first-order chi connectivity index (χ1) is 13.4. The molecule has 0 aliphatic rings. The molecule has 0 bridgehead atoms. The minimum absolute atomic E-state index is 0.217. The van der Waals surface area contributed by atoms with Crippen LogP contribution in [0.4, 0.5) is 5.69 Å². The Morgan fingerprint density at radius 1 is 0.929 bits per heavy atom. The number of nitrogens with one attached hydrogen (secondary N) is 1. The Balaban J connectivity index is 1.72. The summed E-state index contributed by atoms with van der Waals surface area (Å²) in [6.07, 6.45) is 0. The Kier molecular flexibility index (Phi) is 4.65. The molecule has 1 heterocycles. The molecule has 0 saturated carbocycles. The zero-order valence-corrected chi connectivity index (χ0v) is 16.6. The summed E-state index contributed by atoms with van der Waals surface area (Å²) in [5, 5.41) is 0. The molecule has 0 spiro atoms. The first-order valence-corrected chi connectivity index (χ1v) is 10.5. The standard InChI is InChI=1S/C22H21N3O2S/c1-16-8-10-19(11-9-16)24-28(26,27)20-12-13-21-22(14-20)25(17(2)23-21)15-18-6-4-3-5-7-18/h3-14,24H,15H2,1-2H3. The molecule has 0 saturated heterocycles. The van der Waals surface area contributed by atoms with Gasteiger partial charge in [-0.2, -0.15) is 0 Å². The molecule has 4 aromatic rings. The molecule has 28 heavy (non-hydrogen) atoms. The molecule has 0 unspecified atom stereocenters. The van der Waals surface area contributed by atoms with Gasteiger partial charge in [-0.25, -0.2) is 13.4 Å². The van der Waals surface area contributed by atoms with Crippen LogP contribution in [0.2, 0.25) is 0 Å². The largest absolute Gasteiger partial charge is 0.324 e. The van der Waals surface area contributed by atoms with E-state index in [1.54, 1.807) is 30.3 Å². The van der Waals surface area contributed by atoms with Crippen molar-refractivity contribution in [2.75, 3.05) is 4.72 Å². The van der Waals surface area contributed by atoms with E-state index >= 15 is 0 Å². The van der Waals surface area contributed by atoms with Gasteiger partial charge in [-0.3, -0.25) is 4.72 Å². The van der Waals surface area contributed by atoms with E-state index in [9.17, 15) is 8.42 Å². The number of nitrogens with zero attached hydrogens (tertiary/aromatic N) is 2. The molecule has 142 valence electrons. The number of imidazole rings is 1. The normalized spacial score (nSPS) is 11.6. The van der Waals surface area contributed by atoms with E-state index in [1.165, 1.54) is 0 Å². The highest BCUT2D eigenvalue weighted by molar-refractivity contribution is 7.92. The SMILES string of the molecule is Cc1ccc(NS(=O)(=O)c2ccc3nc(C)n(Cc4ccccc4)c3c2)cc1. The molecule has 4 rings (SSSR count). The zero-order valence-electron chi connectivity index (χ0n) is 15.8. The monoisotopic (exact) mass is 391 g/mol. The van der Waals surface area contributed by atoms with Crippen molar-refractivity contribution in [2.24, 2.45) is 0 Å². The molecule has 1 N–H and O–H groups in total. The molecule has 5 nitrogen and oxygen atoms in total. The number of aromatic nitrogens is 2. The summed E-state index contributed by atoms with van der Waals surface area (Å²) in [6, 6.07) is 22.4. The van der Waals surface area contributed by atoms with E-state index in [-0.39, 0.29) is 4.90 Å². The van der Waals surface area contributed by atoms with Crippen molar-refractivity contribution in [1.29, 1.82) is 0 Å². The van der Waals surface area contributed by atoms with Gasteiger partial charge in [-0.15, -0.1) is 0 Å². The highest BCUT2D eigenvalue weighted by Crippen LogP contribution is 2.23. The van der Waals surface area contributed by atoms with Crippen LogP contribution >= 0.6 is 0 Å². The fraction of sp³-hybridized carbons (Fsp3) is 0.136. The number of hydrogen-bond acceptors (Lipinski definition) is 3. The number of fused-ring (bicyclic) bond motifs is 1. The fourth-order valence-electron chi connectivity index (χ4n) is 3.19. The van der Waals surface area contributed by atoms with Crippen LogP contribution in [-0.2, 0) is 16.6 Å². The first kappa shape index (κ1) is 18.3. The van der Waals surface area contributed by atoms with Gasteiger partial charge in [0, 0.05) is 12.2 Å². The van der Waals surface area contributed by atoms with Crippen LogP contribution in [0, 0.1) is 13.8 Å². The molecule has 0 amide bonds. The number of hydrogen-bond donors (Lipinski definition) is 1. The second-order valence-electron chi connectivity index (χ2n) is 6.85. The molecular formula is C22H21N3O2S. The number of rotatable bonds is 5. The third kappa shape index (κ3) is 3.64. The van der Waals surface area contributed by atoms with Crippen LogP contribution in [0.25, 0.3) is 11.0 Å². The maximum Gasteiger partial charge on any atom is 0.261 e. The Bertz CT molecular complexity index is 1230. The lowest BCUT2D eigenvalue weighted by molar-refractivity contribution is 0.601. The van der Waals surface area contributed by atoms with E-state index < -0.39 is 10.0 Å². The average Bonchev–Trinajstić information content (AvgIpc) is 2.99. The Morgan fingerprint density at radius 2 is 1.64 bits per heavy atom. The Labute approximate surface area is 164 Å². The first-order valence-electron chi connectivity index (χ1n) is 9.03. The molecule has 0 fully saturated rings. The summed E-state index contributed by atoms with van der Waals surface area (Å²) in [4.78, 5) is 4.79. The topological polar surface area (TPSA) is 64.0 Å². The highest BCUT2D eigenvalue weighted by Gasteiger charge is 2.17. The number of sulfonamides is 1. The van der Waals surface area contributed by atoms with Gasteiger partial charge < -0.3 is 4.57 Å². The molecule has 0 aliphatic carbocycles. The van der Waals surface area contributed by atoms with Gasteiger partial charge in [0.1, 0.15) is 5.82 Å². The zero-order chi connectivity index (χ0) is 19.7. The summed E-state index contributed by atoms with van der Waals surface area (Å²) in [5.41, 5.74) is 4.33. The van der Waals surface area contributed by atoms with Gasteiger partial charge in [-0.05, 0) is 49.7 Å². The van der Waals surface area contributed by atoms with Gasteiger partial charge in [0.2, 0.25) is 0 Å². The van der Waals surface area contributed by atoms with E-state index in [2.05, 4.69) is 9.71 Å². The van der Waals surface area contributed by atoms with Crippen molar-refractivity contribution >= 4 is 26.7 Å². The van der Waals surface area contributed by atoms with Gasteiger partial charge in [0.15, 0.2) is 0 Å². The Hall–Kier alpha value is -3.12. The predicted octanol–water partition coefficient (Wildman–Crippen LogP) is 4.50. The third-order valence-electron chi connectivity index (χ3n) is 4.71. The van der Waals surface area contributed by atoms with Crippen LogP contribution in [0.5, 0.6) is 0 Å². The molecule has 0 atom stereocenters. The van der Waals surface area contributed by atoms with Crippen molar-refractivity contribution < 1.29 is 8.42 Å². The van der Waals surface area contributed by atoms with Crippen molar-refractivity contribution in [3.63, 3.8) is 0 Å². The smallest absolute Gasteiger partial charge is 0.261 e. The van der Waals surface area contributed by atoms with E-state index in [4.69, 9.17) is 0 Å². The van der Waals surface area contributed by atoms with Crippen molar-refractivity contribution in [3.8, 4) is 0 Å². The van der Waals surface area contributed by atoms with Crippen LogP contribution in [-0.4, -0.2) is 18.0 Å². The van der Waals surface area contributed by atoms with Gasteiger partial charge >= 0.3 is 0 Å². The summed E-state index contributed by atoms with van der Waals surface area (Å²) < 4.78 is 30.4. The maximum absolute atomic E-state index is 12.9. The molecule has 3 aromatic carbocycles. The molecule has 0 radical (unpaired) electrons. The molecular weight excluding hydrogens is 370 g/mol. The number of anilines is 1. The lowest BCUT2D eigenvalue weighted by Gasteiger charge is -2.10. The summed E-state index contributed by atoms with van der Waals surface area (Å²) in [5.74, 6) is 0.847. The average molecular weight is 391 g/mol. The van der Waals surface area contributed by atoms with Crippen molar-refractivity contribution in [2.45, 2.75) is 25.3 Å². The third-order valence-corrected chi connectivity index (χ3v) is 6.09. The fourth-order valence-corrected chi connectivity index (χ4v) is 4.27. The quantitative estimate of drug-likeness (QED) is 0.545. The molecule has 6 heteroatoms. The van der Waals surface area contributed by atoms with Gasteiger partial charge in [0.05, 0.1) is 15.9 Å². The second-order valence-corrected chi connectivity index (χ2v) is 8.54. The van der Waals surface area contributed by atoms with Crippen molar-refractivity contribution in [3.05, 3.63) is 89.7 Å². The van der Waals surface area contributed by atoms with Crippen LogP contribution in [0.3, 0.4) is 0 Å². The predicted molar refractivity (Wildman–Crippen MR) is 112 cm³/mol. The Morgan fingerprint density at radius 3 is 2.36 bits per heavy atom. The lowest BCUT2D eigenvalue weighted by atomic mass is 10.2. The number of benzene rings is 3. The van der Waals surface area contributed by atoms with Crippen LogP contribution < -0.4 is 4.72 Å². The van der Waals surface area contributed by atoms with Gasteiger partial charge in [0.25, 0.3) is 10.0 Å². The second kappa shape index (κ2) is 7.13. The summed E-state index contributed by atoms with van der Waals surface area (Å²) >= 11 is 0. The highest BCUT2D eigenvalue weighted by atomic mass is 32.2. The van der Waals surface area contributed by atoms with Crippen LogP contribution in [0.15, 0.2) is 77.7 Å². The summed E-state index contributed by atoms with van der Waals surface area (Å²) in [7, 11) is -3.69. The maximum atomic E-state index is 12.9. The molecule has 1 aromatic heterocycles. The summed E-state index contributed by atoms with van der Waals surface area (Å²) in [6.45, 7) is 4.53.